The summed E-state index contributed by atoms with van der Waals surface area (Å²) in [5.74, 6) is -0.714. The summed E-state index contributed by atoms with van der Waals surface area (Å²) in [6.07, 6.45) is 5.89. The average Bonchev–Trinajstić information content (AvgIpc) is 3.20. The lowest BCUT2D eigenvalue weighted by atomic mass is 9.84. The van der Waals surface area contributed by atoms with Crippen LogP contribution in [0.4, 0.5) is 26.4 Å². The van der Waals surface area contributed by atoms with Gasteiger partial charge in [-0.25, -0.2) is 18.7 Å². The molecule has 198 valence electrons. The molecule has 1 saturated carbocycles. The number of hydrogen-bond acceptors (Lipinski definition) is 7. The van der Waals surface area contributed by atoms with Crippen molar-refractivity contribution in [3.8, 4) is 0 Å². The maximum Gasteiger partial charge on any atom is 0.224 e. The standard InChI is InChI=1S/C25H30ClF2N7O2/c1-13-12-37-7-6-19(13)31-24-30-11-20-23(34-24)35(16-4-2-14(3-5-16)8-21(29)36)25(32-20)33-22-17(27)9-15(26)10-18(22)28/h9-11,13-14,16,19H,2-8,12H2,1H3,(H2,29,36)(H,32,33)(H,30,31,34)/t13-,14?,16?,19-/m0/s1. The van der Waals surface area contributed by atoms with Crippen LogP contribution in [0.2, 0.25) is 5.02 Å². The van der Waals surface area contributed by atoms with Crippen molar-refractivity contribution in [2.45, 2.75) is 57.5 Å². The maximum atomic E-state index is 14.6. The number of ether oxygens (including phenoxy) is 1. The first-order valence-corrected chi connectivity index (χ1v) is 13.0. The van der Waals surface area contributed by atoms with Crippen LogP contribution in [0, 0.1) is 23.5 Å². The van der Waals surface area contributed by atoms with Crippen LogP contribution in [0.5, 0.6) is 0 Å². The van der Waals surface area contributed by atoms with Crippen LogP contribution in [-0.4, -0.2) is 44.7 Å². The second-order valence-corrected chi connectivity index (χ2v) is 10.5. The predicted molar refractivity (Wildman–Crippen MR) is 137 cm³/mol. The van der Waals surface area contributed by atoms with Gasteiger partial charge < -0.3 is 21.1 Å². The number of primary amides is 1. The summed E-state index contributed by atoms with van der Waals surface area (Å²) < 4.78 is 36.7. The van der Waals surface area contributed by atoms with Crippen LogP contribution >= 0.6 is 11.6 Å². The maximum absolute atomic E-state index is 14.6. The molecule has 1 aromatic carbocycles. The molecule has 4 N–H and O–H groups in total. The van der Waals surface area contributed by atoms with Crippen molar-refractivity contribution in [3.05, 3.63) is 35.0 Å². The highest BCUT2D eigenvalue weighted by molar-refractivity contribution is 6.30. The quantitative estimate of drug-likeness (QED) is 0.393. The van der Waals surface area contributed by atoms with Gasteiger partial charge >= 0.3 is 0 Å². The third kappa shape index (κ3) is 5.62. The molecule has 0 radical (unpaired) electrons. The van der Waals surface area contributed by atoms with Crippen LogP contribution in [0.15, 0.2) is 18.3 Å². The average molecular weight is 534 g/mol. The highest BCUT2D eigenvalue weighted by Crippen LogP contribution is 2.38. The molecular weight excluding hydrogens is 504 g/mol. The number of nitrogens with one attached hydrogen (secondary N) is 2. The number of benzene rings is 1. The fourth-order valence-corrected chi connectivity index (χ4v) is 5.51. The van der Waals surface area contributed by atoms with E-state index < -0.39 is 11.6 Å². The number of nitrogens with zero attached hydrogens (tertiary/aromatic N) is 4. The van der Waals surface area contributed by atoms with Crippen molar-refractivity contribution in [2.24, 2.45) is 17.6 Å². The van der Waals surface area contributed by atoms with Crippen LogP contribution in [-0.2, 0) is 9.53 Å². The van der Waals surface area contributed by atoms with E-state index in [1.807, 2.05) is 4.57 Å². The number of carbonyl (C=O) groups excluding carboxylic acids is 1. The number of rotatable bonds is 7. The van der Waals surface area contributed by atoms with Crippen molar-refractivity contribution >= 4 is 46.3 Å². The Morgan fingerprint density at radius 1 is 1.19 bits per heavy atom. The first-order valence-electron chi connectivity index (χ1n) is 12.6. The molecule has 1 aliphatic heterocycles. The van der Waals surface area contributed by atoms with Gasteiger partial charge in [0.15, 0.2) is 17.3 Å². The Morgan fingerprint density at radius 2 is 1.92 bits per heavy atom. The van der Waals surface area contributed by atoms with Gasteiger partial charge in [0.05, 0.1) is 12.8 Å². The topological polar surface area (TPSA) is 120 Å². The fraction of sp³-hybridized carbons (Fsp3) is 0.520. The molecule has 3 aromatic rings. The highest BCUT2D eigenvalue weighted by atomic mass is 35.5. The van der Waals surface area contributed by atoms with Crippen LogP contribution < -0.4 is 16.4 Å². The van der Waals surface area contributed by atoms with Crippen molar-refractivity contribution in [3.63, 3.8) is 0 Å². The van der Waals surface area contributed by atoms with E-state index in [2.05, 4.69) is 27.5 Å². The van der Waals surface area contributed by atoms with E-state index in [-0.39, 0.29) is 40.6 Å². The largest absolute Gasteiger partial charge is 0.381 e. The molecule has 1 saturated heterocycles. The summed E-state index contributed by atoms with van der Waals surface area (Å²) in [7, 11) is 0. The zero-order valence-corrected chi connectivity index (χ0v) is 21.3. The number of hydrogen-bond donors (Lipinski definition) is 3. The zero-order valence-electron chi connectivity index (χ0n) is 20.5. The lowest BCUT2D eigenvalue weighted by Gasteiger charge is -2.30. The number of imidazole rings is 1. The molecule has 1 amide bonds. The molecular formula is C25H30ClF2N7O2. The van der Waals surface area contributed by atoms with Crippen molar-refractivity contribution in [1.82, 2.24) is 19.5 Å². The van der Waals surface area contributed by atoms with Gasteiger partial charge in [0.25, 0.3) is 0 Å². The summed E-state index contributed by atoms with van der Waals surface area (Å²) >= 11 is 5.81. The van der Waals surface area contributed by atoms with Gasteiger partial charge in [-0.15, -0.1) is 0 Å². The fourth-order valence-electron chi connectivity index (χ4n) is 5.32. The smallest absolute Gasteiger partial charge is 0.224 e. The number of aromatic nitrogens is 4. The Labute approximate surface area is 218 Å². The Hall–Kier alpha value is -3.05. The number of anilines is 3. The molecule has 0 spiro atoms. The van der Waals surface area contributed by atoms with E-state index in [0.717, 1.165) is 44.2 Å². The van der Waals surface area contributed by atoms with Crippen LogP contribution in [0.25, 0.3) is 11.2 Å². The first-order chi connectivity index (χ1) is 17.8. The first kappa shape index (κ1) is 25.6. The minimum Gasteiger partial charge on any atom is -0.381 e. The van der Waals surface area contributed by atoms with E-state index in [0.29, 0.717) is 42.7 Å². The third-order valence-electron chi connectivity index (χ3n) is 7.30. The predicted octanol–water partition coefficient (Wildman–Crippen LogP) is 4.95. The Bertz CT molecular complexity index is 1270. The van der Waals surface area contributed by atoms with Crippen molar-refractivity contribution in [2.75, 3.05) is 23.8 Å². The summed E-state index contributed by atoms with van der Waals surface area (Å²) in [5.41, 5.74) is 6.13. The third-order valence-corrected chi connectivity index (χ3v) is 7.52. The molecule has 2 fully saturated rings. The molecule has 0 unspecified atom stereocenters. The highest BCUT2D eigenvalue weighted by Gasteiger charge is 2.29. The monoisotopic (exact) mass is 533 g/mol. The molecule has 0 bridgehead atoms. The number of amides is 1. The normalized spacial score (nSPS) is 24.2. The van der Waals surface area contributed by atoms with Gasteiger partial charge in [0.1, 0.15) is 11.2 Å². The van der Waals surface area contributed by atoms with E-state index >= 15 is 0 Å². The second kappa shape index (κ2) is 10.7. The van der Waals surface area contributed by atoms with Gasteiger partial charge in [0.2, 0.25) is 17.8 Å². The lowest BCUT2D eigenvalue weighted by molar-refractivity contribution is -0.119. The molecule has 3 heterocycles. The Kier molecular flexibility index (Phi) is 7.43. The number of fused-ring (bicyclic) bond motifs is 1. The summed E-state index contributed by atoms with van der Waals surface area (Å²) in [6.45, 7) is 3.45. The molecule has 9 nitrogen and oxygen atoms in total. The molecule has 2 aliphatic rings. The van der Waals surface area contributed by atoms with E-state index in [1.165, 1.54) is 0 Å². The number of nitrogens with two attached hydrogens (primary N) is 1. The molecule has 37 heavy (non-hydrogen) atoms. The molecule has 5 rings (SSSR count). The van der Waals surface area contributed by atoms with E-state index in [1.54, 1.807) is 6.20 Å². The van der Waals surface area contributed by atoms with Crippen molar-refractivity contribution < 1.29 is 18.3 Å². The Morgan fingerprint density at radius 3 is 2.59 bits per heavy atom. The zero-order chi connectivity index (χ0) is 26.1. The molecule has 1 aliphatic carbocycles. The van der Waals surface area contributed by atoms with Gasteiger partial charge in [-0.1, -0.05) is 18.5 Å². The van der Waals surface area contributed by atoms with Gasteiger partial charge in [0, 0.05) is 30.1 Å². The minimum absolute atomic E-state index is 0.0363. The molecule has 2 aromatic heterocycles. The molecule has 12 heteroatoms. The number of carbonyl (C=O) groups is 1. The van der Waals surface area contributed by atoms with Gasteiger partial charge in [-0.3, -0.25) is 9.36 Å². The Balaban J connectivity index is 1.50. The SMILES string of the molecule is C[C@H]1COCC[C@@H]1Nc1ncc2nc(Nc3c(F)cc(Cl)cc3F)n(C3CCC(CC(N)=O)CC3)c2n1. The van der Waals surface area contributed by atoms with Gasteiger partial charge in [-0.05, 0) is 56.1 Å². The van der Waals surface area contributed by atoms with Crippen molar-refractivity contribution in [1.29, 1.82) is 0 Å². The van der Waals surface area contributed by atoms with Gasteiger partial charge in [-0.2, -0.15) is 4.98 Å². The summed E-state index contributed by atoms with van der Waals surface area (Å²) in [6, 6.07) is 2.22. The second-order valence-electron chi connectivity index (χ2n) is 10.0. The molecule has 2 atom stereocenters. The van der Waals surface area contributed by atoms with E-state index in [4.69, 9.17) is 27.1 Å². The lowest BCUT2D eigenvalue weighted by Crippen LogP contribution is -2.36. The number of halogens is 3. The summed E-state index contributed by atoms with van der Waals surface area (Å²) in [4.78, 5) is 25.2. The van der Waals surface area contributed by atoms with E-state index in [9.17, 15) is 13.6 Å². The summed E-state index contributed by atoms with van der Waals surface area (Å²) in [5, 5.41) is 6.22. The minimum atomic E-state index is -0.823. The van der Waals surface area contributed by atoms with Crippen LogP contribution in [0.1, 0.15) is 51.5 Å². The van der Waals surface area contributed by atoms with Crippen LogP contribution in [0.3, 0.4) is 0 Å².